The Kier molecular flexibility index (Phi) is 2.88. The molecule has 14 heavy (non-hydrogen) atoms. The van der Waals surface area contributed by atoms with Crippen LogP contribution in [0.1, 0.15) is 16.7 Å². The summed E-state index contributed by atoms with van der Waals surface area (Å²) in [5.41, 5.74) is 3.96. The van der Waals surface area contributed by atoms with Crippen molar-refractivity contribution in [3.05, 3.63) is 28.8 Å². The van der Waals surface area contributed by atoms with E-state index < -0.39 is 5.91 Å². The molecule has 1 rings (SSSR count). The molecular weight excluding hydrogens is 176 g/mol. The number of amides is 1. The molecule has 0 fully saturated rings. The number of anilines is 1. The van der Waals surface area contributed by atoms with Gasteiger partial charge in [-0.3, -0.25) is 4.79 Å². The Labute approximate surface area is 83.4 Å². The van der Waals surface area contributed by atoms with Crippen LogP contribution in [-0.2, 0) is 4.79 Å². The van der Waals surface area contributed by atoms with Gasteiger partial charge in [-0.25, -0.2) is 0 Å². The number of hydrogen-bond donors (Lipinski definition) is 1. The first-order valence-electron chi connectivity index (χ1n) is 4.33. The first kappa shape index (κ1) is 10.3. The quantitative estimate of drug-likeness (QED) is 0.686. The van der Waals surface area contributed by atoms with Crippen molar-refractivity contribution >= 4 is 11.6 Å². The van der Waals surface area contributed by atoms with Crippen molar-refractivity contribution in [3.63, 3.8) is 0 Å². The summed E-state index contributed by atoms with van der Waals surface area (Å²) in [6.45, 7) is 5.88. The normalized spacial score (nSPS) is 9.29. The minimum Gasteiger partial charge on any atom is -0.313 e. The van der Waals surface area contributed by atoms with E-state index in [1.165, 1.54) is 11.6 Å². The second-order valence-electron chi connectivity index (χ2n) is 3.32. The number of aryl methyl sites for hydroxylation is 3. The van der Waals surface area contributed by atoms with Crippen LogP contribution in [0.25, 0.3) is 0 Å². The molecule has 1 amide bonds. The third kappa shape index (κ3) is 2.11. The molecule has 0 heterocycles. The van der Waals surface area contributed by atoms with Crippen LogP contribution in [0, 0.1) is 32.1 Å². The molecule has 0 saturated carbocycles. The van der Waals surface area contributed by atoms with Crippen LogP contribution in [0.4, 0.5) is 5.69 Å². The van der Waals surface area contributed by atoms with Gasteiger partial charge in [0.1, 0.15) is 0 Å². The van der Waals surface area contributed by atoms with E-state index in [0.29, 0.717) is 5.69 Å². The Bertz CT molecular complexity index is 416. The number of rotatable bonds is 1. The maximum absolute atomic E-state index is 10.9. The summed E-state index contributed by atoms with van der Waals surface area (Å²) in [5.74, 6) is -0.628. The van der Waals surface area contributed by atoms with Gasteiger partial charge in [0.25, 0.3) is 0 Å². The highest BCUT2D eigenvalue weighted by Crippen LogP contribution is 2.19. The zero-order valence-corrected chi connectivity index (χ0v) is 8.51. The topological polar surface area (TPSA) is 52.9 Å². The summed E-state index contributed by atoms with van der Waals surface area (Å²) in [5, 5.41) is 10.9. The van der Waals surface area contributed by atoms with Crippen molar-refractivity contribution in [1.82, 2.24) is 0 Å². The Morgan fingerprint density at radius 3 is 2.36 bits per heavy atom. The first-order valence-corrected chi connectivity index (χ1v) is 4.33. The van der Waals surface area contributed by atoms with Crippen LogP contribution in [0.3, 0.4) is 0 Å². The molecular formula is C11H12N2O. The summed E-state index contributed by atoms with van der Waals surface area (Å²) in [4.78, 5) is 10.9. The van der Waals surface area contributed by atoms with E-state index in [1.807, 2.05) is 32.9 Å². The summed E-state index contributed by atoms with van der Waals surface area (Å²) >= 11 is 0. The number of carbonyl (C=O) groups is 1. The van der Waals surface area contributed by atoms with E-state index in [2.05, 4.69) is 5.32 Å². The lowest BCUT2D eigenvalue weighted by molar-refractivity contribution is -0.111. The number of nitriles is 1. The fraction of sp³-hybridized carbons (Fsp3) is 0.273. The van der Waals surface area contributed by atoms with E-state index in [9.17, 15) is 4.79 Å². The van der Waals surface area contributed by atoms with Gasteiger partial charge in [-0.05, 0) is 43.5 Å². The SMILES string of the molecule is Cc1cc(C)c(NC(=O)C#N)cc1C. The van der Waals surface area contributed by atoms with Crippen molar-refractivity contribution in [2.24, 2.45) is 0 Å². The Morgan fingerprint density at radius 1 is 1.21 bits per heavy atom. The molecule has 0 aliphatic rings. The first-order chi connectivity index (χ1) is 6.54. The highest BCUT2D eigenvalue weighted by molar-refractivity contribution is 6.02. The van der Waals surface area contributed by atoms with Crippen molar-refractivity contribution < 1.29 is 4.79 Å². The van der Waals surface area contributed by atoms with Crippen LogP contribution in [-0.4, -0.2) is 5.91 Å². The molecule has 0 spiro atoms. The predicted octanol–water partition coefficient (Wildman–Crippen LogP) is 2.07. The van der Waals surface area contributed by atoms with E-state index >= 15 is 0 Å². The van der Waals surface area contributed by atoms with Crippen molar-refractivity contribution in [2.45, 2.75) is 20.8 Å². The van der Waals surface area contributed by atoms with E-state index in [4.69, 9.17) is 5.26 Å². The Morgan fingerprint density at radius 2 is 1.79 bits per heavy atom. The Hall–Kier alpha value is -1.82. The number of carbonyl (C=O) groups excluding carboxylic acids is 1. The summed E-state index contributed by atoms with van der Waals surface area (Å²) in [6, 6.07) is 5.39. The van der Waals surface area contributed by atoms with Gasteiger partial charge in [-0.1, -0.05) is 6.07 Å². The molecule has 0 aromatic heterocycles. The van der Waals surface area contributed by atoms with Gasteiger partial charge in [0.05, 0.1) is 0 Å². The van der Waals surface area contributed by atoms with E-state index in [1.54, 1.807) is 0 Å². The van der Waals surface area contributed by atoms with Gasteiger partial charge in [-0.2, -0.15) is 5.26 Å². The number of benzene rings is 1. The van der Waals surface area contributed by atoms with Gasteiger partial charge in [0.2, 0.25) is 0 Å². The molecule has 0 radical (unpaired) electrons. The highest BCUT2D eigenvalue weighted by atomic mass is 16.1. The van der Waals surface area contributed by atoms with Gasteiger partial charge < -0.3 is 5.32 Å². The predicted molar refractivity (Wildman–Crippen MR) is 54.9 cm³/mol. The van der Waals surface area contributed by atoms with E-state index in [-0.39, 0.29) is 0 Å². The lowest BCUT2D eigenvalue weighted by Gasteiger charge is -2.08. The van der Waals surface area contributed by atoms with Crippen molar-refractivity contribution in [3.8, 4) is 6.07 Å². The van der Waals surface area contributed by atoms with Gasteiger partial charge in [0, 0.05) is 5.69 Å². The molecule has 3 nitrogen and oxygen atoms in total. The fourth-order valence-electron chi connectivity index (χ4n) is 1.25. The van der Waals surface area contributed by atoms with Crippen LogP contribution in [0.5, 0.6) is 0 Å². The molecule has 0 aliphatic carbocycles. The maximum Gasteiger partial charge on any atom is 0.326 e. The maximum atomic E-state index is 10.9. The van der Waals surface area contributed by atoms with Gasteiger partial charge >= 0.3 is 5.91 Å². The highest BCUT2D eigenvalue weighted by Gasteiger charge is 2.04. The molecule has 72 valence electrons. The van der Waals surface area contributed by atoms with Crippen molar-refractivity contribution in [1.29, 1.82) is 5.26 Å². The standard InChI is InChI=1S/C11H12N2O/c1-7-4-9(3)10(5-8(7)2)13-11(14)6-12/h4-5H,1-3H3,(H,13,14). The molecule has 1 aromatic carbocycles. The molecule has 3 heteroatoms. The second kappa shape index (κ2) is 3.93. The summed E-state index contributed by atoms with van der Waals surface area (Å²) < 4.78 is 0. The van der Waals surface area contributed by atoms with Crippen LogP contribution >= 0.6 is 0 Å². The van der Waals surface area contributed by atoms with Crippen LogP contribution < -0.4 is 5.32 Å². The monoisotopic (exact) mass is 188 g/mol. The van der Waals surface area contributed by atoms with Crippen LogP contribution in [0.2, 0.25) is 0 Å². The lowest BCUT2D eigenvalue weighted by Crippen LogP contribution is -2.09. The largest absolute Gasteiger partial charge is 0.326 e. The summed E-state index contributed by atoms with van der Waals surface area (Å²) in [6.07, 6.45) is 0. The number of nitrogens with one attached hydrogen (secondary N) is 1. The second-order valence-corrected chi connectivity index (χ2v) is 3.32. The molecule has 0 saturated heterocycles. The van der Waals surface area contributed by atoms with E-state index in [0.717, 1.165) is 11.1 Å². The Balaban J connectivity index is 3.05. The smallest absolute Gasteiger partial charge is 0.313 e. The summed E-state index contributed by atoms with van der Waals surface area (Å²) in [7, 11) is 0. The fourth-order valence-corrected chi connectivity index (χ4v) is 1.25. The molecule has 0 atom stereocenters. The lowest BCUT2D eigenvalue weighted by atomic mass is 10.1. The third-order valence-corrected chi connectivity index (χ3v) is 2.19. The molecule has 0 aliphatic heterocycles. The molecule has 1 aromatic rings. The molecule has 0 bridgehead atoms. The number of hydrogen-bond acceptors (Lipinski definition) is 2. The van der Waals surface area contributed by atoms with Crippen LogP contribution in [0.15, 0.2) is 12.1 Å². The van der Waals surface area contributed by atoms with Gasteiger partial charge in [-0.15, -0.1) is 0 Å². The minimum atomic E-state index is -0.628. The van der Waals surface area contributed by atoms with Gasteiger partial charge in [0.15, 0.2) is 6.07 Å². The van der Waals surface area contributed by atoms with Crippen molar-refractivity contribution in [2.75, 3.05) is 5.32 Å². The third-order valence-electron chi connectivity index (χ3n) is 2.19. The number of nitrogens with zero attached hydrogens (tertiary/aromatic N) is 1. The zero-order chi connectivity index (χ0) is 10.7. The average molecular weight is 188 g/mol. The average Bonchev–Trinajstić information content (AvgIpc) is 2.14. The minimum absolute atomic E-state index is 0.628. The molecule has 1 N–H and O–H groups in total. The molecule has 0 unspecified atom stereocenters. The zero-order valence-electron chi connectivity index (χ0n) is 8.51.